The zero-order valence-corrected chi connectivity index (χ0v) is 6.14. The van der Waals surface area contributed by atoms with Crippen LogP contribution in [0.15, 0.2) is 0 Å². The van der Waals surface area contributed by atoms with Gasteiger partial charge in [0.2, 0.25) is 5.56 Å². The maximum absolute atomic E-state index is 11.5. The van der Waals surface area contributed by atoms with Crippen LogP contribution in [0.4, 0.5) is 22.0 Å². The van der Waals surface area contributed by atoms with Crippen molar-refractivity contribution in [1.29, 1.82) is 0 Å². The first kappa shape index (κ1) is 11.2. The van der Waals surface area contributed by atoms with Gasteiger partial charge in [0.25, 0.3) is 0 Å². The monoisotopic (exact) mass is 218 g/mol. The van der Waals surface area contributed by atoms with Gasteiger partial charge in [0.1, 0.15) is 0 Å². The Labute approximate surface area is 68.0 Å². The lowest BCUT2D eigenvalue weighted by atomic mass is 10.7. The lowest BCUT2D eigenvalue weighted by Gasteiger charge is -2.16. The number of hydrogen-bond acceptors (Lipinski definition) is 1. The maximum atomic E-state index is 11.5. The van der Waals surface area contributed by atoms with Crippen LogP contribution in [0.3, 0.4) is 0 Å². The third-order valence-corrected chi connectivity index (χ3v) is 0.920. The second-order valence-corrected chi connectivity index (χ2v) is 2.26. The molecule has 1 atom stereocenters. The van der Waals surface area contributed by atoms with Crippen LogP contribution in [-0.4, -0.2) is 17.3 Å². The van der Waals surface area contributed by atoms with Gasteiger partial charge in [-0.05, 0) is 11.6 Å². The van der Waals surface area contributed by atoms with E-state index >= 15 is 0 Å². The average molecular weight is 219 g/mol. The Morgan fingerprint density at radius 3 is 1.55 bits per heavy atom. The molecular weight excluding hydrogens is 218 g/mol. The van der Waals surface area contributed by atoms with Gasteiger partial charge in [-0.25, -0.2) is 0 Å². The van der Waals surface area contributed by atoms with Gasteiger partial charge in [0.15, 0.2) is 0 Å². The molecule has 0 rings (SSSR count). The van der Waals surface area contributed by atoms with Crippen LogP contribution in [0.2, 0.25) is 0 Å². The van der Waals surface area contributed by atoms with Crippen LogP contribution in [0.25, 0.3) is 0 Å². The minimum absolute atomic E-state index is 2.87. The lowest BCUT2D eigenvalue weighted by Crippen LogP contribution is -2.31. The zero-order valence-electron chi connectivity index (χ0n) is 4.63. The number of ether oxygens (including phenoxy) is 1. The van der Waals surface area contributed by atoms with E-state index in [0.717, 1.165) is 0 Å². The van der Waals surface area contributed by atoms with Gasteiger partial charge in [-0.1, -0.05) is 11.6 Å². The molecule has 0 N–H and O–H groups in total. The van der Waals surface area contributed by atoms with E-state index in [0.29, 0.717) is 0 Å². The Hall–Kier alpha value is 0.190. The topological polar surface area (TPSA) is 9.23 Å². The molecule has 0 heterocycles. The number of hydrogen-bond donors (Lipinski definition) is 0. The summed E-state index contributed by atoms with van der Waals surface area (Å²) in [7, 11) is 0. The quantitative estimate of drug-likeness (QED) is 0.512. The largest absolute Gasteiger partial charge is 0.442 e. The second-order valence-electron chi connectivity index (χ2n) is 1.42. The molecular formula is C3HCl2F5O. The average Bonchev–Trinajstić information content (AvgIpc) is 1.56. The smallest absolute Gasteiger partial charge is 0.278 e. The van der Waals surface area contributed by atoms with E-state index in [1.165, 1.54) is 0 Å². The van der Waals surface area contributed by atoms with Gasteiger partial charge in [-0.15, -0.1) is 0 Å². The normalized spacial score (nSPS) is 16.6. The van der Waals surface area contributed by atoms with E-state index in [2.05, 4.69) is 27.9 Å². The number of rotatable bonds is 2. The van der Waals surface area contributed by atoms with E-state index in [-0.39, 0.29) is 0 Å². The van der Waals surface area contributed by atoms with E-state index in [1.54, 1.807) is 0 Å². The van der Waals surface area contributed by atoms with Crippen LogP contribution in [0.5, 0.6) is 0 Å². The van der Waals surface area contributed by atoms with Crippen molar-refractivity contribution in [1.82, 2.24) is 0 Å². The molecule has 11 heavy (non-hydrogen) atoms. The molecule has 0 spiro atoms. The highest BCUT2D eigenvalue weighted by Crippen LogP contribution is 2.32. The first-order chi connectivity index (χ1) is 4.63. The molecule has 0 radical (unpaired) electrons. The molecule has 8 heteroatoms. The number of halogens is 7. The lowest BCUT2D eigenvalue weighted by molar-refractivity contribution is -0.264. The summed E-state index contributed by atoms with van der Waals surface area (Å²) in [6.07, 6.45) is -5.06. The third-order valence-electron chi connectivity index (χ3n) is 0.494. The molecule has 0 aromatic rings. The predicted molar refractivity (Wildman–Crippen MR) is 27.6 cm³/mol. The summed E-state index contributed by atoms with van der Waals surface area (Å²) in [5, 5.41) is 0. The molecule has 0 aromatic heterocycles. The van der Waals surface area contributed by atoms with Gasteiger partial charge in [0.05, 0.1) is 0 Å². The van der Waals surface area contributed by atoms with Crippen molar-refractivity contribution in [2.45, 2.75) is 17.3 Å². The highest BCUT2D eigenvalue weighted by atomic mass is 35.5. The van der Waals surface area contributed by atoms with E-state index < -0.39 is 17.3 Å². The van der Waals surface area contributed by atoms with Crippen LogP contribution >= 0.6 is 23.2 Å². The first-order valence-corrected chi connectivity index (χ1v) is 2.90. The predicted octanol–water partition coefficient (Wildman–Crippen LogP) is 2.92. The summed E-state index contributed by atoms with van der Waals surface area (Å²) in [4.78, 5) is 0. The minimum atomic E-state index is -5.06. The Kier molecular flexibility index (Phi) is 3.34. The summed E-state index contributed by atoms with van der Waals surface area (Å²) >= 11 is 8.32. The number of alkyl halides is 7. The third kappa shape index (κ3) is 5.46. The van der Waals surface area contributed by atoms with Gasteiger partial charge in [-0.3, -0.25) is 4.74 Å². The van der Waals surface area contributed by atoms with Crippen LogP contribution in [0, 0.1) is 0 Å². The fourth-order valence-electron chi connectivity index (χ4n) is 0.184. The molecule has 0 bridgehead atoms. The fourth-order valence-corrected chi connectivity index (χ4v) is 0.431. The molecule has 0 aliphatic rings. The molecule has 0 saturated carbocycles. The van der Waals surface area contributed by atoms with Gasteiger partial charge in [-0.2, -0.15) is 22.0 Å². The summed E-state index contributed by atoms with van der Waals surface area (Å²) in [5.74, 6) is 0. The SMILES string of the molecule is FC(F)(Cl)O[C@H](Cl)C(F)(F)F. The Bertz CT molecular complexity index is 129. The first-order valence-electron chi connectivity index (χ1n) is 2.08. The van der Waals surface area contributed by atoms with Crippen molar-refractivity contribution in [2.24, 2.45) is 0 Å². The fraction of sp³-hybridized carbons (Fsp3) is 1.00. The Morgan fingerprint density at radius 2 is 1.45 bits per heavy atom. The Balaban J connectivity index is 3.99. The van der Waals surface area contributed by atoms with Gasteiger partial charge >= 0.3 is 11.7 Å². The summed E-state index contributed by atoms with van der Waals surface area (Å²) in [6.45, 7) is 0. The molecule has 0 unspecified atom stereocenters. The molecule has 0 saturated heterocycles. The molecule has 68 valence electrons. The maximum Gasteiger partial charge on any atom is 0.442 e. The molecule has 0 fully saturated rings. The zero-order chi connectivity index (χ0) is 9.28. The van der Waals surface area contributed by atoms with E-state index in [1.807, 2.05) is 0 Å². The summed E-state index contributed by atoms with van der Waals surface area (Å²) in [5.41, 5.74) is -7.50. The van der Waals surface area contributed by atoms with Crippen molar-refractivity contribution in [2.75, 3.05) is 0 Å². The van der Waals surface area contributed by atoms with E-state index in [4.69, 9.17) is 0 Å². The molecule has 1 nitrogen and oxygen atoms in total. The van der Waals surface area contributed by atoms with Crippen LogP contribution < -0.4 is 0 Å². The van der Waals surface area contributed by atoms with Crippen molar-refractivity contribution in [3.63, 3.8) is 0 Å². The van der Waals surface area contributed by atoms with Crippen molar-refractivity contribution in [3.8, 4) is 0 Å². The molecule has 0 aliphatic heterocycles. The second kappa shape index (κ2) is 3.28. The van der Waals surface area contributed by atoms with Crippen molar-refractivity contribution in [3.05, 3.63) is 0 Å². The van der Waals surface area contributed by atoms with Crippen molar-refractivity contribution < 1.29 is 26.7 Å². The summed E-state index contributed by atoms with van der Waals surface area (Å²) in [6, 6.07) is 0. The molecule has 0 amide bonds. The summed E-state index contributed by atoms with van der Waals surface area (Å²) < 4.78 is 59.8. The standard InChI is InChI=1S/C3HCl2F5O/c4-1(2(6,7)8)11-3(5,9)10/h1H/t1-/m0/s1. The van der Waals surface area contributed by atoms with Crippen molar-refractivity contribution >= 4 is 23.2 Å². The van der Waals surface area contributed by atoms with Gasteiger partial charge in [0, 0.05) is 0 Å². The molecule has 0 aromatic carbocycles. The highest BCUT2D eigenvalue weighted by molar-refractivity contribution is 6.22. The Morgan fingerprint density at radius 1 is 1.09 bits per heavy atom. The highest BCUT2D eigenvalue weighted by Gasteiger charge is 2.45. The molecule has 0 aliphatic carbocycles. The van der Waals surface area contributed by atoms with Crippen LogP contribution in [0.1, 0.15) is 0 Å². The van der Waals surface area contributed by atoms with Gasteiger partial charge < -0.3 is 0 Å². The van der Waals surface area contributed by atoms with E-state index in [9.17, 15) is 22.0 Å². The van der Waals surface area contributed by atoms with Crippen LogP contribution in [-0.2, 0) is 4.74 Å². The minimum Gasteiger partial charge on any atom is -0.278 e.